The van der Waals surface area contributed by atoms with Gasteiger partial charge in [0.15, 0.2) is 0 Å². The average Bonchev–Trinajstić information content (AvgIpc) is 2.46. The molecule has 1 saturated carbocycles. The molecule has 2 rings (SSSR count). The van der Waals surface area contributed by atoms with E-state index < -0.39 is 11.4 Å². The summed E-state index contributed by atoms with van der Waals surface area (Å²) in [5.41, 5.74) is -0.592. The van der Waals surface area contributed by atoms with Crippen LogP contribution in [0.1, 0.15) is 42.6 Å². The molecule has 1 aromatic heterocycles. The number of aromatic nitrogens is 1. The highest BCUT2D eigenvalue weighted by atomic mass is 35.5. The van der Waals surface area contributed by atoms with Gasteiger partial charge in [0, 0.05) is 12.7 Å². The maximum absolute atomic E-state index is 12.0. The number of pyridine rings is 1. The Labute approximate surface area is 122 Å². The number of carboxylic acids is 1. The molecular formula is C14H17ClN2O3. The molecule has 0 radical (unpaired) electrons. The third kappa shape index (κ3) is 3.28. The summed E-state index contributed by atoms with van der Waals surface area (Å²) in [6.07, 6.45) is 5.45. The molecule has 0 bridgehead atoms. The van der Waals surface area contributed by atoms with Gasteiger partial charge in [-0.1, -0.05) is 30.9 Å². The van der Waals surface area contributed by atoms with Gasteiger partial charge in [-0.05, 0) is 25.0 Å². The van der Waals surface area contributed by atoms with E-state index in [4.69, 9.17) is 11.6 Å². The highest BCUT2D eigenvalue weighted by Gasteiger charge is 2.39. The quantitative estimate of drug-likeness (QED) is 0.894. The van der Waals surface area contributed by atoms with E-state index in [1.54, 1.807) is 6.07 Å². The van der Waals surface area contributed by atoms with Crippen LogP contribution in [0.25, 0.3) is 0 Å². The van der Waals surface area contributed by atoms with Crippen LogP contribution in [0, 0.1) is 5.41 Å². The minimum Gasteiger partial charge on any atom is -0.481 e. The number of nitrogens with one attached hydrogen (secondary N) is 1. The summed E-state index contributed by atoms with van der Waals surface area (Å²) >= 11 is 5.71. The Kier molecular flexibility index (Phi) is 4.60. The summed E-state index contributed by atoms with van der Waals surface area (Å²) in [6.45, 7) is 0.144. The van der Waals surface area contributed by atoms with E-state index in [1.807, 2.05) is 0 Å². The molecule has 20 heavy (non-hydrogen) atoms. The fourth-order valence-corrected chi connectivity index (χ4v) is 2.66. The largest absolute Gasteiger partial charge is 0.481 e. The standard InChI is InChI=1S/C14H17ClN2O3/c15-10-4-5-11(16-8-10)12(18)17-9-14(13(19)20)6-2-1-3-7-14/h4-5,8H,1-3,6-7,9H2,(H,17,18)(H,19,20). The molecule has 108 valence electrons. The Morgan fingerprint density at radius 1 is 1.30 bits per heavy atom. The summed E-state index contributed by atoms with van der Waals surface area (Å²) in [6, 6.07) is 3.10. The number of halogens is 1. The molecule has 0 aliphatic heterocycles. The van der Waals surface area contributed by atoms with E-state index in [0.717, 1.165) is 19.3 Å². The smallest absolute Gasteiger partial charge is 0.311 e. The summed E-state index contributed by atoms with van der Waals surface area (Å²) in [5.74, 6) is -1.20. The number of nitrogens with zero attached hydrogens (tertiary/aromatic N) is 1. The number of aliphatic carboxylic acids is 1. The van der Waals surface area contributed by atoms with Crippen LogP contribution in [0.2, 0.25) is 5.02 Å². The molecule has 1 heterocycles. The second-order valence-electron chi connectivity index (χ2n) is 5.19. The molecular weight excluding hydrogens is 280 g/mol. The van der Waals surface area contributed by atoms with Crippen LogP contribution in [0.3, 0.4) is 0 Å². The minimum atomic E-state index is -0.833. The fraction of sp³-hybridized carbons (Fsp3) is 0.500. The zero-order chi connectivity index (χ0) is 14.6. The van der Waals surface area contributed by atoms with Crippen molar-refractivity contribution in [3.63, 3.8) is 0 Å². The number of hydrogen-bond acceptors (Lipinski definition) is 3. The Morgan fingerprint density at radius 3 is 2.55 bits per heavy atom. The predicted molar refractivity (Wildman–Crippen MR) is 74.7 cm³/mol. The van der Waals surface area contributed by atoms with Crippen LogP contribution in [0.5, 0.6) is 0 Å². The first-order chi connectivity index (χ1) is 9.53. The summed E-state index contributed by atoms with van der Waals surface area (Å²) < 4.78 is 0. The summed E-state index contributed by atoms with van der Waals surface area (Å²) in [7, 11) is 0. The van der Waals surface area contributed by atoms with E-state index in [1.165, 1.54) is 12.3 Å². The van der Waals surface area contributed by atoms with E-state index in [0.29, 0.717) is 17.9 Å². The Morgan fingerprint density at radius 2 is 2.00 bits per heavy atom. The Balaban J connectivity index is 2.00. The fourth-order valence-electron chi connectivity index (χ4n) is 2.54. The lowest BCUT2D eigenvalue weighted by Gasteiger charge is -2.33. The van der Waals surface area contributed by atoms with Gasteiger partial charge in [0.2, 0.25) is 0 Å². The van der Waals surface area contributed by atoms with Gasteiger partial charge in [0.1, 0.15) is 5.69 Å². The molecule has 1 aromatic rings. The van der Waals surface area contributed by atoms with Crippen LogP contribution in [0.4, 0.5) is 0 Å². The van der Waals surface area contributed by atoms with Crippen LogP contribution in [-0.4, -0.2) is 28.5 Å². The zero-order valence-corrected chi connectivity index (χ0v) is 11.8. The molecule has 1 aliphatic rings. The van der Waals surface area contributed by atoms with Crippen molar-refractivity contribution in [2.24, 2.45) is 5.41 Å². The molecule has 6 heteroatoms. The topological polar surface area (TPSA) is 79.3 Å². The van der Waals surface area contributed by atoms with Crippen LogP contribution in [0.15, 0.2) is 18.3 Å². The molecule has 0 spiro atoms. The molecule has 1 aliphatic carbocycles. The van der Waals surface area contributed by atoms with Crippen molar-refractivity contribution in [3.8, 4) is 0 Å². The third-order valence-electron chi connectivity index (χ3n) is 3.81. The van der Waals surface area contributed by atoms with Crippen LogP contribution >= 0.6 is 11.6 Å². The zero-order valence-electron chi connectivity index (χ0n) is 11.1. The van der Waals surface area contributed by atoms with Crippen molar-refractivity contribution in [2.45, 2.75) is 32.1 Å². The highest BCUT2D eigenvalue weighted by molar-refractivity contribution is 6.30. The van der Waals surface area contributed by atoms with Crippen molar-refractivity contribution in [2.75, 3.05) is 6.54 Å². The molecule has 1 amide bonds. The van der Waals surface area contributed by atoms with Gasteiger partial charge < -0.3 is 10.4 Å². The molecule has 2 N–H and O–H groups in total. The van der Waals surface area contributed by atoms with Gasteiger partial charge >= 0.3 is 5.97 Å². The molecule has 0 atom stereocenters. The normalized spacial score (nSPS) is 17.4. The number of amides is 1. The van der Waals surface area contributed by atoms with Crippen molar-refractivity contribution in [1.29, 1.82) is 0 Å². The van der Waals surface area contributed by atoms with Gasteiger partial charge in [0.25, 0.3) is 5.91 Å². The Hall–Kier alpha value is -1.62. The van der Waals surface area contributed by atoms with Gasteiger partial charge in [-0.25, -0.2) is 4.98 Å². The van der Waals surface area contributed by atoms with Crippen molar-refractivity contribution in [3.05, 3.63) is 29.0 Å². The maximum Gasteiger partial charge on any atom is 0.311 e. The van der Waals surface area contributed by atoms with Crippen molar-refractivity contribution < 1.29 is 14.7 Å². The molecule has 1 fully saturated rings. The molecule has 0 saturated heterocycles. The van der Waals surface area contributed by atoms with Gasteiger partial charge in [0.05, 0.1) is 10.4 Å². The predicted octanol–water partition coefficient (Wildman–Crippen LogP) is 2.50. The second kappa shape index (κ2) is 6.22. The Bertz CT molecular complexity index is 496. The van der Waals surface area contributed by atoms with E-state index >= 15 is 0 Å². The maximum atomic E-state index is 12.0. The number of carbonyl (C=O) groups is 2. The van der Waals surface area contributed by atoms with Crippen molar-refractivity contribution in [1.82, 2.24) is 10.3 Å². The van der Waals surface area contributed by atoms with Gasteiger partial charge in [-0.3, -0.25) is 9.59 Å². The van der Waals surface area contributed by atoms with Crippen LogP contribution < -0.4 is 5.32 Å². The van der Waals surface area contributed by atoms with E-state index in [-0.39, 0.29) is 18.1 Å². The second-order valence-corrected chi connectivity index (χ2v) is 5.63. The molecule has 0 aromatic carbocycles. The first-order valence-electron chi connectivity index (χ1n) is 6.67. The monoisotopic (exact) mass is 296 g/mol. The van der Waals surface area contributed by atoms with Gasteiger partial charge in [-0.15, -0.1) is 0 Å². The van der Waals surface area contributed by atoms with Crippen LogP contribution in [-0.2, 0) is 4.79 Å². The van der Waals surface area contributed by atoms with Crippen molar-refractivity contribution >= 4 is 23.5 Å². The summed E-state index contributed by atoms with van der Waals surface area (Å²) in [4.78, 5) is 27.4. The molecule has 0 unspecified atom stereocenters. The number of carboxylic acid groups (broad SMARTS) is 1. The lowest BCUT2D eigenvalue weighted by molar-refractivity contribution is -0.150. The average molecular weight is 297 g/mol. The molecule has 5 nitrogen and oxygen atoms in total. The first-order valence-corrected chi connectivity index (χ1v) is 7.04. The van der Waals surface area contributed by atoms with Gasteiger partial charge in [-0.2, -0.15) is 0 Å². The SMILES string of the molecule is O=C(NCC1(C(=O)O)CCCCC1)c1ccc(Cl)cn1. The number of hydrogen-bond donors (Lipinski definition) is 2. The lowest BCUT2D eigenvalue weighted by Crippen LogP contribution is -2.44. The lowest BCUT2D eigenvalue weighted by atomic mass is 9.74. The third-order valence-corrected chi connectivity index (χ3v) is 4.04. The number of carbonyl (C=O) groups excluding carboxylic acids is 1. The first kappa shape index (κ1) is 14.8. The summed E-state index contributed by atoms with van der Waals surface area (Å²) in [5, 5.41) is 12.6. The van der Waals surface area contributed by atoms with E-state index in [2.05, 4.69) is 10.3 Å². The van der Waals surface area contributed by atoms with E-state index in [9.17, 15) is 14.7 Å². The highest BCUT2D eigenvalue weighted by Crippen LogP contribution is 2.36. The minimum absolute atomic E-state index is 0.144. The number of rotatable bonds is 4.